The van der Waals surface area contributed by atoms with Gasteiger partial charge in [0.05, 0.1) is 10.9 Å². The molecule has 2 rings (SSSR count). The quantitative estimate of drug-likeness (QED) is 0.510. The third-order valence-corrected chi connectivity index (χ3v) is 4.69. The van der Waals surface area contributed by atoms with Gasteiger partial charge >= 0.3 is 11.9 Å². The molecule has 1 aliphatic heterocycles. The van der Waals surface area contributed by atoms with Gasteiger partial charge in [-0.05, 0) is 18.2 Å². The van der Waals surface area contributed by atoms with Gasteiger partial charge in [-0.1, -0.05) is 0 Å². The summed E-state index contributed by atoms with van der Waals surface area (Å²) in [7, 11) is 0. The van der Waals surface area contributed by atoms with Gasteiger partial charge in [0.25, 0.3) is 0 Å². The summed E-state index contributed by atoms with van der Waals surface area (Å²) in [5.41, 5.74) is 4.97. The zero-order valence-corrected chi connectivity index (χ0v) is 13.0. The monoisotopic (exact) mass is 354 g/mol. The van der Waals surface area contributed by atoms with Crippen LogP contribution in [-0.2, 0) is 14.4 Å². The molecular formula is C14H14N2O7S. The Morgan fingerprint density at radius 1 is 1.33 bits per heavy atom. The fraction of sp³-hybridized carbons (Fsp3) is 0.286. The number of aromatic hydroxyl groups is 1. The molecule has 0 saturated carbocycles. The maximum Gasteiger partial charge on any atom is 0.339 e. The first kappa shape index (κ1) is 17.8. The molecule has 0 aliphatic carbocycles. The van der Waals surface area contributed by atoms with Crippen LogP contribution in [0.1, 0.15) is 16.8 Å². The highest BCUT2D eigenvalue weighted by Gasteiger charge is 2.40. The van der Waals surface area contributed by atoms with Gasteiger partial charge in [-0.15, -0.1) is 11.8 Å². The summed E-state index contributed by atoms with van der Waals surface area (Å²) >= 11 is 0.961. The van der Waals surface area contributed by atoms with E-state index in [-0.39, 0.29) is 17.9 Å². The van der Waals surface area contributed by atoms with E-state index >= 15 is 0 Å². The first-order valence-electron chi connectivity index (χ1n) is 6.75. The number of rotatable bonds is 6. The maximum absolute atomic E-state index is 12.4. The van der Waals surface area contributed by atoms with Crippen molar-refractivity contribution < 1.29 is 34.5 Å². The molecule has 1 fully saturated rings. The summed E-state index contributed by atoms with van der Waals surface area (Å²) in [5, 5.41) is 26.4. The largest absolute Gasteiger partial charge is 0.507 e. The Hall–Kier alpha value is -2.59. The number of amides is 2. The van der Waals surface area contributed by atoms with Crippen LogP contribution in [0.2, 0.25) is 0 Å². The van der Waals surface area contributed by atoms with Crippen molar-refractivity contribution in [3.8, 4) is 5.75 Å². The van der Waals surface area contributed by atoms with Crippen molar-refractivity contribution in [2.45, 2.75) is 17.7 Å². The average molecular weight is 354 g/mol. The molecule has 1 aromatic carbocycles. The van der Waals surface area contributed by atoms with Crippen LogP contribution >= 0.6 is 11.8 Å². The van der Waals surface area contributed by atoms with Gasteiger partial charge in [-0.2, -0.15) is 0 Å². The Morgan fingerprint density at radius 2 is 2.00 bits per heavy atom. The first-order valence-corrected chi connectivity index (χ1v) is 7.80. The first-order chi connectivity index (χ1) is 11.2. The minimum absolute atomic E-state index is 0.0332. The zero-order chi connectivity index (χ0) is 18.0. The molecule has 24 heavy (non-hydrogen) atoms. The number of phenols is 1. The topological polar surface area (TPSA) is 158 Å². The second-order valence-electron chi connectivity index (χ2n) is 5.04. The van der Waals surface area contributed by atoms with Crippen molar-refractivity contribution in [1.29, 1.82) is 0 Å². The van der Waals surface area contributed by atoms with E-state index in [1.807, 2.05) is 0 Å². The average Bonchev–Trinajstić information content (AvgIpc) is 2.79. The van der Waals surface area contributed by atoms with E-state index in [0.717, 1.165) is 28.8 Å². The Morgan fingerprint density at radius 3 is 2.58 bits per heavy atom. The maximum atomic E-state index is 12.4. The second kappa shape index (κ2) is 6.89. The van der Waals surface area contributed by atoms with E-state index in [2.05, 4.69) is 0 Å². The molecule has 0 aromatic heterocycles. The number of carbonyl (C=O) groups is 4. The minimum Gasteiger partial charge on any atom is -0.507 e. The smallest absolute Gasteiger partial charge is 0.339 e. The molecule has 1 aromatic rings. The Labute approximate surface area is 140 Å². The second-order valence-corrected chi connectivity index (χ2v) is 6.28. The van der Waals surface area contributed by atoms with Crippen molar-refractivity contribution in [2.75, 3.05) is 10.7 Å². The summed E-state index contributed by atoms with van der Waals surface area (Å²) in [6, 6.07) is 2.22. The number of hydrogen-bond acceptors (Lipinski definition) is 7. The molecule has 2 unspecified atom stereocenters. The molecule has 1 saturated heterocycles. The summed E-state index contributed by atoms with van der Waals surface area (Å²) in [6.07, 6.45) is -0.140. The number of carboxylic acid groups (broad SMARTS) is 2. The van der Waals surface area contributed by atoms with Crippen molar-refractivity contribution in [3.63, 3.8) is 0 Å². The molecule has 9 nitrogen and oxygen atoms in total. The van der Waals surface area contributed by atoms with Crippen LogP contribution < -0.4 is 10.6 Å². The normalized spacial score (nSPS) is 18.7. The molecule has 2 amide bonds. The van der Waals surface area contributed by atoms with Crippen LogP contribution in [0, 0.1) is 0 Å². The molecule has 0 spiro atoms. The van der Waals surface area contributed by atoms with E-state index in [1.165, 1.54) is 6.07 Å². The van der Waals surface area contributed by atoms with Crippen LogP contribution in [0.3, 0.4) is 0 Å². The number of hydrogen-bond donors (Lipinski definition) is 4. The van der Waals surface area contributed by atoms with Crippen molar-refractivity contribution in [3.05, 3.63) is 23.8 Å². The predicted octanol–water partition coefficient (Wildman–Crippen LogP) is -0.133. The molecule has 2 atom stereocenters. The summed E-state index contributed by atoms with van der Waals surface area (Å²) in [5.74, 6) is -4.24. The van der Waals surface area contributed by atoms with Crippen LogP contribution in [-0.4, -0.2) is 56.1 Å². The van der Waals surface area contributed by atoms with Crippen LogP contribution in [0.4, 0.5) is 5.69 Å². The Kier molecular flexibility index (Phi) is 5.10. The number of nitrogens with zero attached hydrogens (tertiary/aromatic N) is 1. The number of carboxylic acids is 2. The number of aromatic carboxylic acids is 1. The van der Waals surface area contributed by atoms with Crippen molar-refractivity contribution in [2.24, 2.45) is 5.73 Å². The minimum atomic E-state index is -1.40. The number of thioether (sulfide) groups is 1. The van der Waals surface area contributed by atoms with E-state index < -0.39 is 46.4 Å². The van der Waals surface area contributed by atoms with Gasteiger partial charge in [0.1, 0.15) is 17.4 Å². The fourth-order valence-corrected chi connectivity index (χ4v) is 3.22. The van der Waals surface area contributed by atoms with E-state index in [4.69, 9.17) is 15.9 Å². The molecule has 1 heterocycles. The summed E-state index contributed by atoms with van der Waals surface area (Å²) in [6.45, 7) is 0. The standard InChI is InChI=1S/C14H14N2O7S/c15-8(14(22)23)5-24-10-4-11(18)16(12(10)19)6-1-2-9(17)7(3-6)13(20)21/h1-3,8,10,17H,4-5,15H2,(H,20,21)(H,22,23). The highest BCUT2D eigenvalue weighted by molar-refractivity contribution is 8.00. The molecule has 5 N–H and O–H groups in total. The Balaban J connectivity index is 2.19. The number of carbonyl (C=O) groups excluding carboxylic acids is 2. The van der Waals surface area contributed by atoms with Crippen molar-refractivity contribution >= 4 is 41.2 Å². The van der Waals surface area contributed by atoms with Crippen LogP contribution in [0.25, 0.3) is 0 Å². The summed E-state index contributed by atoms with van der Waals surface area (Å²) in [4.78, 5) is 47.0. The highest BCUT2D eigenvalue weighted by Crippen LogP contribution is 2.32. The van der Waals surface area contributed by atoms with E-state index in [9.17, 15) is 24.3 Å². The van der Waals surface area contributed by atoms with E-state index in [0.29, 0.717) is 0 Å². The zero-order valence-electron chi connectivity index (χ0n) is 12.2. The van der Waals surface area contributed by atoms with Gasteiger partial charge in [0.2, 0.25) is 11.8 Å². The number of nitrogens with two attached hydrogens (primary N) is 1. The predicted molar refractivity (Wildman–Crippen MR) is 84.0 cm³/mol. The fourth-order valence-electron chi connectivity index (χ4n) is 2.13. The molecule has 10 heteroatoms. The molecule has 128 valence electrons. The number of aliphatic carboxylic acids is 1. The molecular weight excluding hydrogens is 340 g/mol. The van der Waals surface area contributed by atoms with Gasteiger partial charge in [-0.25, -0.2) is 9.69 Å². The van der Waals surface area contributed by atoms with Gasteiger partial charge in [0.15, 0.2) is 0 Å². The number of imide groups is 1. The SMILES string of the molecule is NC(CSC1CC(=O)N(c2ccc(O)c(C(=O)O)c2)C1=O)C(=O)O. The molecule has 0 radical (unpaired) electrons. The summed E-state index contributed by atoms with van der Waals surface area (Å²) < 4.78 is 0. The lowest BCUT2D eigenvalue weighted by Crippen LogP contribution is -2.35. The lowest BCUT2D eigenvalue weighted by Gasteiger charge is -2.16. The van der Waals surface area contributed by atoms with Crippen LogP contribution in [0.5, 0.6) is 5.75 Å². The van der Waals surface area contributed by atoms with Gasteiger partial charge < -0.3 is 21.1 Å². The Bertz CT molecular complexity index is 721. The lowest BCUT2D eigenvalue weighted by atomic mass is 10.1. The highest BCUT2D eigenvalue weighted by atomic mass is 32.2. The third-order valence-electron chi connectivity index (χ3n) is 3.37. The molecule has 1 aliphatic rings. The third kappa shape index (κ3) is 3.49. The number of benzene rings is 1. The number of anilines is 1. The van der Waals surface area contributed by atoms with Crippen LogP contribution in [0.15, 0.2) is 18.2 Å². The van der Waals surface area contributed by atoms with Gasteiger partial charge in [0, 0.05) is 12.2 Å². The van der Waals surface area contributed by atoms with Crippen molar-refractivity contribution in [1.82, 2.24) is 0 Å². The lowest BCUT2D eigenvalue weighted by molar-refractivity contribution is -0.138. The molecule has 0 bridgehead atoms. The van der Waals surface area contributed by atoms with Gasteiger partial charge in [-0.3, -0.25) is 14.4 Å². The van der Waals surface area contributed by atoms with E-state index in [1.54, 1.807) is 0 Å².